The summed E-state index contributed by atoms with van der Waals surface area (Å²) in [5.74, 6) is 0.662. The van der Waals surface area contributed by atoms with Gasteiger partial charge in [-0.1, -0.05) is 22.9 Å². The maximum Gasteiger partial charge on any atom is 0.293 e. The molecule has 1 heterocycles. The lowest BCUT2D eigenvalue weighted by molar-refractivity contribution is -0.384. The Bertz CT molecular complexity index is 1070. The number of hydrogen-bond donors (Lipinski definition) is 0. The number of non-ortho nitro benzene ring substituents is 1. The van der Waals surface area contributed by atoms with Crippen molar-refractivity contribution in [1.29, 1.82) is 0 Å². The second-order valence-electron chi connectivity index (χ2n) is 6.80. The maximum atomic E-state index is 12.5. The monoisotopic (exact) mass is 520 g/mol. The van der Waals surface area contributed by atoms with Crippen LogP contribution in [0.3, 0.4) is 0 Å². The molecule has 0 atom stereocenters. The minimum absolute atomic E-state index is 0.0132. The molecule has 1 saturated heterocycles. The van der Waals surface area contributed by atoms with E-state index in [2.05, 4.69) is 15.9 Å². The largest absolute Gasteiger partial charge is 0.490 e. The molecule has 0 spiro atoms. The second kappa shape index (κ2) is 10.6. The number of hydrogen-bond acceptors (Lipinski definition) is 7. The van der Waals surface area contributed by atoms with Crippen LogP contribution in [0.15, 0.2) is 45.8 Å². The molecule has 0 N–H and O–H groups in total. The number of halogens is 1. The van der Waals surface area contributed by atoms with E-state index in [0.717, 1.165) is 17.3 Å². The zero-order valence-corrected chi connectivity index (χ0v) is 19.9. The first kappa shape index (κ1) is 23.8. The van der Waals surface area contributed by atoms with Crippen molar-refractivity contribution < 1.29 is 24.0 Å². The zero-order valence-electron chi connectivity index (χ0n) is 17.5. The lowest BCUT2D eigenvalue weighted by Crippen LogP contribution is -2.28. The molecule has 168 valence electrons. The number of nitro benzene ring substituents is 1. The highest BCUT2D eigenvalue weighted by Crippen LogP contribution is 2.38. The fourth-order valence-corrected chi connectivity index (χ4v) is 4.27. The van der Waals surface area contributed by atoms with Crippen LogP contribution in [0.4, 0.5) is 10.5 Å². The van der Waals surface area contributed by atoms with E-state index in [0.29, 0.717) is 46.0 Å². The highest BCUT2D eigenvalue weighted by atomic mass is 79.9. The van der Waals surface area contributed by atoms with Crippen LogP contribution in [-0.2, 0) is 11.4 Å². The number of carbonyl (C=O) groups excluding carboxylic acids is 2. The molecule has 8 nitrogen and oxygen atoms in total. The second-order valence-corrected chi connectivity index (χ2v) is 8.65. The molecule has 2 aromatic rings. The number of carbonyl (C=O) groups is 2. The van der Waals surface area contributed by atoms with Crippen LogP contribution in [0.1, 0.15) is 31.4 Å². The lowest BCUT2D eigenvalue weighted by atomic mass is 10.1. The van der Waals surface area contributed by atoms with E-state index in [-0.39, 0.29) is 23.4 Å². The van der Waals surface area contributed by atoms with E-state index in [1.54, 1.807) is 30.3 Å². The number of rotatable bonds is 9. The van der Waals surface area contributed by atoms with Gasteiger partial charge in [-0.15, -0.1) is 0 Å². The zero-order chi connectivity index (χ0) is 23.3. The number of thioether (sulfide) groups is 1. The molecule has 1 aliphatic heterocycles. The quantitative estimate of drug-likeness (QED) is 0.234. The van der Waals surface area contributed by atoms with E-state index in [1.807, 2.05) is 13.8 Å². The van der Waals surface area contributed by atoms with E-state index in [4.69, 9.17) is 9.47 Å². The Morgan fingerprint density at radius 2 is 1.81 bits per heavy atom. The molecule has 0 aromatic heterocycles. The van der Waals surface area contributed by atoms with Crippen molar-refractivity contribution in [2.75, 3.05) is 13.2 Å². The van der Waals surface area contributed by atoms with Gasteiger partial charge >= 0.3 is 0 Å². The Morgan fingerprint density at radius 3 is 2.44 bits per heavy atom. The Balaban J connectivity index is 1.82. The van der Waals surface area contributed by atoms with Crippen molar-refractivity contribution >= 4 is 50.6 Å². The Morgan fingerprint density at radius 1 is 1.12 bits per heavy atom. The van der Waals surface area contributed by atoms with Gasteiger partial charge in [0, 0.05) is 23.2 Å². The first-order chi connectivity index (χ1) is 15.3. The average Bonchev–Trinajstić information content (AvgIpc) is 3.03. The molecule has 10 heteroatoms. The lowest BCUT2D eigenvalue weighted by Gasteiger charge is -2.14. The normalized spacial score (nSPS) is 14.8. The fraction of sp³-hybridized carbons (Fsp3) is 0.273. The molecular weight excluding hydrogens is 500 g/mol. The molecular formula is C22H21BrN2O6S. The van der Waals surface area contributed by atoms with E-state index >= 15 is 0 Å². The van der Waals surface area contributed by atoms with Gasteiger partial charge in [-0.3, -0.25) is 24.6 Å². The molecule has 0 aliphatic carbocycles. The summed E-state index contributed by atoms with van der Waals surface area (Å²) in [6, 6.07) is 9.59. The molecule has 0 bridgehead atoms. The highest BCUT2D eigenvalue weighted by molar-refractivity contribution is 9.10. The smallest absolute Gasteiger partial charge is 0.293 e. The molecule has 32 heavy (non-hydrogen) atoms. The molecule has 2 aromatic carbocycles. The van der Waals surface area contributed by atoms with Gasteiger partial charge in [0.25, 0.3) is 16.8 Å². The van der Waals surface area contributed by atoms with Crippen LogP contribution >= 0.6 is 27.7 Å². The number of imide groups is 1. The minimum Gasteiger partial charge on any atom is -0.490 e. The summed E-state index contributed by atoms with van der Waals surface area (Å²) in [7, 11) is 0. The number of nitro groups is 1. The maximum absolute atomic E-state index is 12.5. The third-order valence-corrected chi connectivity index (χ3v) is 6.11. The molecule has 3 rings (SSSR count). The Kier molecular flexibility index (Phi) is 7.92. The number of ether oxygens (including phenoxy) is 2. The van der Waals surface area contributed by atoms with Gasteiger partial charge in [0.2, 0.25) is 0 Å². The van der Waals surface area contributed by atoms with Gasteiger partial charge in [0.1, 0.15) is 6.61 Å². The predicted octanol–water partition coefficient (Wildman–Crippen LogP) is 5.78. The summed E-state index contributed by atoms with van der Waals surface area (Å²) in [4.78, 5) is 36.6. The van der Waals surface area contributed by atoms with E-state index < -0.39 is 4.92 Å². The van der Waals surface area contributed by atoms with Crippen molar-refractivity contribution in [2.45, 2.75) is 26.9 Å². The third-order valence-electron chi connectivity index (χ3n) is 4.51. The highest BCUT2D eigenvalue weighted by Gasteiger charge is 2.34. The van der Waals surface area contributed by atoms with E-state index in [1.165, 1.54) is 17.0 Å². The Labute approximate surface area is 197 Å². The van der Waals surface area contributed by atoms with Gasteiger partial charge in [0.15, 0.2) is 11.5 Å². The van der Waals surface area contributed by atoms with Crippen molar-refractivity contribution in [1.82, 2.24) is 4.90 Å². The van der Waals surface area contributed by atoms with Crippen LogP contribution < -0.4 is 9.47 Å². The summed E-state index contributed by atoms with van der Waals surface area (Å²) in [6.45, 7) is 4.75. The SMILES string of the molecule is CCCN1C(=O)S/C(=C/c2cc(OCC)c(OCc3ccc([N+](=O)[O-])cc3)cc2Br)C1=O. The standard InChI is InChI=1S/C22H21BrN2O6S/c1-3-9-24-21(26)20(32-22(24)27)11-15-10-18(30-4-2)19(12-17(15)23)31-13-14-5-7-16(8-6-14)25(28)29/h5-8,10-12H,3-4,9,13H2,1-2H3/b20-11+. The van der Waals surface area contributed by atoms with Crippen molar-refractivity contribution in [3.63, 3.8) is 0 Å². The molecule has 0 radical (unpaired) electrons. The average molecular weight is 521 g/mol. The van der Waals surface area contributed by atoms with Crippen molar-refractivity contribution in [3.8, 4) is 11.5 Å². The van der Waals surface area contributed by atoms with Crippen molar-refractivity contribution in [2.24, 2.45) is 0 Å². The first-order valence-electron chi connectivity index (χ1n) is 9.91. The predicted molar refractivity (Wildman–Crippen MR) is 126 cm³/mol. The van der Waals surface area contributed by atoms with Crippen molar-refractivity contribution in [3.05, 3.63) is 67.0 Å². The number of benzene rings is 2. The summed E-state index contributed by atoms with van der Waals surface area (Å²) < 4.78 is 12.3. The van der Waals surface area contributed by atoms with Gasteiger partial charge in [-0.25, -0.2) is 0 Å². The summed E-state index contributed by atoms with van der Waals surface area (Å²) in [5, 5.41) is 10.5. The van der Waals surface area contributed by atoms with Crippen LogP contribution in [0, 0.1) is 10.1 Å². The van der Waals surface area contributed by atoms with Crippen LogP contribution in [0.2, 0.25) is 0 Å². The van der Waals surface area contributed by atoms with Gasteiger partial charge in [0.05, 0.1) is 16.4 Å². The molecule has 0 unspecified atom stereocenters. The van der Waals surface area contributed by atoms with Crippen LogP contribution in [0.5, 0.6) is 11.5 Å². The van der Waals surface area contributed by atoms with Gasteiger partial charge in [-0.2, -0.15) is 0 Å². The molecule has 2 amide bonds. The summed E-state index contributed by atoms with van der Waals surface area (Å²) >= 11 is 4.42. The summed E-state index contributed by atoms with van der Waals surface area (Å²) in [5.41, 5.74) is 1.46. The fourth-order valence-electron chi connectivity index (χ4n) is 2.98. The summed E-state index contributed by atoms with van der Waals surface area (Å²) in [6.07, 6.45) is 2.36. The first-order valence-corrected chi connectivity index (χ1v) is 11.5. The molecule has 1 aliphatic rings. The molecule has 1 fully saturated rings. The van der Waals surface area contributed by atoms with Crippen LogP contribution in [-0.4, -0.2) is 34.1 Å². The van der Waals surface area contributed by atoms with Gasteiger partial charge < -0.3 is 9.47 Å². The van der Waals surface area contributed by atoms with E-state index in [9.17, 15) is 19.7 Å². The number of nitrogens with zero attached hydrogens (tertiary/aromatic N) is 2. The number of amides is 2. The minimum atomic E-state index is -0.454. The molecule has 0 saturated carbocycles. The van der Waals surface area contributed by atoms with Crippen LogP contribution in [0.25, 0.3) is 6.08 Å². The van der Waals surface area contributed by atoms with Gasteiger partial charge in [-0.05, 0) is 66.6 Å². The third kappa shape index (κ3) is 5.49. The topological polar surface area (TPSA) is 99.0 Å². The Hall–Kier alpha value is -2.85.